The van der Waals surface area contributed by atoms with Crippen LogP contribution in [0.4, 0.5) is 5.82 Å². The van der Waals surface area contributed by atoms with Gasteiger partial charge in [-0.25, -0.2) is 8.42 Å². The fourth-order valence-electron chi connectivity index (χ4n) is 4.28. The molecule has 29 heavy (non-hydrogen) atoms. The van der Waals surface area contributed by atoms with E-state index in [0.29, 0.717) is 38.1 Å². The van der Waals surface area contributed by atoms with Gasteiger partial charge in [0.2, 0.25) is 10.0 Å². The number of hydrogen-bond acceptors (Lipinski definition) is 5. The number of nitrogens with zero attached hydrogens (tertiary/aromatic N) is 2. The van der Waals surface area contributed by atoms with E-state index in [1.165, 1.54) is 17.1 Å². The Kier molecular flexibility index (Phi) is 5.85. The van der Waals surface area contributed by atoms with E-state index in [-0.39, 0.29) is 4.90 Å². The summed E-state index contributed by atoms with van der Waals surface area (Å²) in [6.07, 6.45) is 3.52. The van der Waals surface area contributed by atoms with Crippen LogP contribution in [-0.4, -0.2) is 63.7 Å². The molecule has 0 aliphatic carbocycles. The number of benzene rings is 1. The molecule has 0 bridgehead atoms. The maximum absolute atomic E-state index is 13.1. The summed E-state index contributed by atoms with van der Waals surface area (Å²) in [7, 11) is -1.96. The Morgan fingerprint density at radius 1 is 1.17 bits per heavy atom. The molecule has 0 radical (unpaired) electrons. The Bertz CT molecular complexity index is 951. The Balaban J connectivity index is 1.68. The minimum absolute atomic E-state index is 0.277. The lowest BCUT2D eigenvalue weighted by Crippen LogP contribution is -2.40. The fraction of sp³-hybridized carbons (Fsp3) is 0.524. The summed E-state index contributed by atoms with van der Waals surface area (Å²) >= 11 is 0. The first-order valence-corrected chi connectivity index (χ1v) is 11.7. The zero-order chi connectivity index (χ0) is 20.4. The maximum atomic E-state index is 13.1. The number of anilines is 1. The van der Waals surface area contributed by atoms with Crippen molar-refractivity contribution in [1.82, 2.24) is 9.29 Å². The summed E-state index contributed by atoms with van der Waals surface area (Å²) in [6.45, 7) is 4.87. The van der Waals surface area contributed by atoms with Crippen LogP contribution in [0.3, 0.4) is 0 Å². The average Bonchev–Trinajstić information content (AvgIpc) is 3.43. The molecule has 2 saturated heterocycles. The molecule has 1 unspecified atom stereocenters. The van der Waals surface area contributed by atoms with Gasteiger partial charge in [0.15, 0.2) is 0 Å². The molecule has 4 rings (SSSR count). The number of sulfonamides is 1. The van der Waals surface area contributed by atoms with Crippen molar-refractivity contribution in [3.63, 3.8) is 0 Å². The number of aromatic amines is 1. The second-order valence-electron chi connectivity index (χ2n) is 7.53. The molecule has 158 valence electrons. The minimum atomic E-state index is -3.57. The van der Waals surface area contributed by atoms with E-state index in [2.05, 4.69) is 22.9 Å². The van der Waals surface area contributed by atoms with Crippen LogP contribution in [-0.2, 0) is 14.8 Å². The number of rotatable bonds is 6. The number of methoxy groups -OCH3 is 1. The molecule has 3 heterocycles. The van der Waals surface area contributed by atoms with Crippen LogP contribution in [0.1, 0.15) is 26.2 Å². The third-order valence-corrected chi connectivity index (χ3v) is 7.79. The minimum Gasteiger partial charge on any atom is -0.496 e. The molecular weight excluding hydrogens is 390 g/mol. The van der Waals surface area contributed by atoms with Gasteiger partial charge in [0.1, 0.15) is 11.6 Å². The number of nitrogens with one attached hydrogen (secondary N) is 1. The molecule has 2 fully saturated rings. The van der Waals surface area contributed by atoms with Gasteiger partial charge in [0, 0.05) is 31.2 Å². The van der Waals surface area contributed by atoms with Crippen LogP contribution in [0.25, 0.3) is 11.3 Å². The Morgan fingerprint density at radius 2 is 1.97 bits per heavy atom. The van der Waals surface area contributed by atoms with Crippen molar-refractivity contribution < 1.29 is 17.9 Å². The van der Waals surface area contributed by atoms with Gasteiger partial charge in [0.05, 0.1) is 30.9 Å². The van der Waals surface area contributed by atoms with Gasteiger partial charge in [0.25, 0.3) is 0 Å². The monoisotopic (exact) mass is 419 g/mol. The highest BCUT2D eigenvalue weighted by Crippen LogP contribution is 2.35. The van der Waals surface area contributed by atoms with Crippen LogP contribution in [0.2, 0.25) is 0 Å². The van der Waals surface area contributed by atoms with E-state index in [1.54, 1.807) is 25.3 Å². The number of morpholine rings is 1. The van der Waals surface area contributed by atoms with E-state index in [4.69, 9.17) is 9.47 Å². The zero-order valence-corrected chi connectivity index (χ0v) is 17.9. The predicted octanol–water partition coefficient (Wildman–Crippen LogP) is 3.09. The second kappa shape index (κ2) is 8.38. The summed E-state index contributed by atoms with van der Waals surface area (Å²) in [4.78, 5) is 6.17. The van der Waals surface area contributed by atoms with Crippen molar-refractivity contribution in [3.05, 3.63) is 30.3 Å². The quantitative estimate of drug-likeness (QED) is 0.779. The molecular formula is C21H29N3O4S. The Labute approximate surface area is 172 Å². The molecule has 2 aromatic rings. The highest BCUT2D eigenvalue weighted by molar-refractivity contribution is 7.89. The Hall–Kier alpha value is -2.03. The lowest BCUT2D eigenvalue weighted by atomic mass is 10.1. The van der Waals surface area contributed by atoms with Gasteiger partial charge < -0.3 is 19.4 Å². The van der Waals surface area contributed by atoms with Gasteiger partial charge in [-0.2, -0.15) is 4.31 Å². The van der Waals surface area contributed by atoms with E-state index in [0.717, 1.165) is 30.0 Å². The molecule has 0 amide bonds. The van der Waals surface area contributed by atoms with Crippen molar-refractivity contribution in [2.24, 2.45) is 0 Å². The van der Waals surface area contributed by atoms with E-state index in [9.17, 15) is 8.42 Å². The molecule has 2 aliphatic rings. The molecule has 1 aromatic heterocycles. The molecule has 8 heteroatoms. The molecule has 1 atom stereocenters. The average molecular weight is 420 g/mol. The summed E-state index contributed by atoms with van der Waals surface area (Å²) in [5.41, 5.74) is 1.61. The Morgan fingerprint density at radius 3 is 2.69 bits per heavy atom. The summed E-state index contributed by atoms with van der Waals surface area (Å²) in [5.74, 6) is 1.72. The van der Waals surface area contributed by atoms with Crippen LogP contribution < -0.4 is 9.64 Å². The first-order valence-electron chi connectivity index (χ1n) is 10.3. The lowest BCUT2D eigenvalue weighted by molar-refractivity contribution is 0.0730. The van der Waals surface area contributed by atoms with Crippen molar-refractivity contribution >= 4 is 15.8 Å². The van der Waals surface area contributed by atoms with Crippen LogP contribution >= 0.6 is 0 Å². The normalized spacial score (nSPS) is 20.9. The van der Waals surface area contributed by atoms with Gasteiger partial charge in [-0.05, 0) is 49.6 Å². The van der Waals surface area contributed by atoms with E-state index >= 15 is 0 Å². The standard InChI is InChI=1S/C21H29N3O4S/c1-3-16-5-4-10-24(16)21-9-7-19(22-21)18-15-17(6-8-20(18)27-2)29(25,26)23-11-13-28-14-12-23/h6-9,15-16,22H,3-5,10-14H2,1-2H3. The van der Waals surface area contributed by atoms with Gasteiger partial charge in [-0.1, -0.05) is 6.92 Å². The number of H-pyrrole nitrogens is 1. The summed E-state index contributed by atoms with van der Waals surface area (Å²) in [6, 6.07) is 9.69. The summed E-state index contributed by atoms with van der Waals surface area (Å²) < 4.78 is 38.5. The SMILES string of the molecule is CCC1CCCN1c1ccc(-c2cc(S(=O)(=O)N3CCOCC3)ccc2OC)[nH]1. The molecule has 1 N–H and O–H groups in total. The van der Waals surface area contributed by atoms with E-state index in [1.807, 2.05) is 6.07 Å². The fourth-order valence-corrected chi connectivity index (χ4v) is 5.71. The van der Waals surface area contributed by atoms with Crippen molar-refractivity contribution in [3.8, 4) is 17.0 Å². The second-order valence-corrected chi connectivity index (χ2v) is 9.47. The topological polar surface area (TPSA) is 74.9 Å². The van der Waals surface area contributed by atoms with Crippen molar-refractivity contribution in [2.75, 3.05) is 44.9 Å². The van der Waals surface area contributed by atoms with Crippen LogP contribution in [0.15, 0.2) is 35.2 Å². The molecule has 2 aliphatic heterocycles. The van der Waals surface area contributed by atoms with Crippen LogP contribution in [0.5, 0.6) is 5.75 Å². The van der Waals surface area contributed by atoms with Crippen molar-refractivity contribution in [2.45, 2.75) is 37.1 Å². The van der Waals surface area contributed by atoms with Crippen LogP contribution in [0, 0.1) is 0 Å². The molecule has 7 nitrogen and oxygen atoms in total. The molecule has 0 saturated carbocycles. The highest BCUT2D eigenvalue weighted by atomic mass is 32.2. The third kappa shape index (κ3) is 3.89. The summed E-state index contributed by atoms with van der Waals surface area (Å²) in [5, 5.41) is 0. The third-order valence-electron chi connectivity index (χ3n) is 5.90. The highest BCUT2D eigenvalue weighted by Gasteiger charge is 2.28. The smallest absolute Gasteiger partial charge is 0.243 e. The van der Waals surface area contributed by atoms with Gasteiger partial charge >= 0.3 is 0 Å². The molecule has 1 aromatic carbocycles. The van der Waals surface area contributed by atoms with Gasteiger partial charge in [-0.15, -0.1) is 0 Å². The zero-order valence-electron chi connectivity index (χ0n) is 17.1. The molecule has 0 spiro atoms. The largest absolute Gasteiger partial charge is 0.496 e. The first kappa shape index (κ1) is 20.3. The number of ether oxygens (including phenoxy) is 2. The predicted molar refractivity (Wildman–Crippen MR) is 113 cm³/mol. The van der Waals surface area contributed by atoms with E-state index < -0.39 is 10.0 Å². The number of hydrogen-bond donors (Lipinski definition) is 1. The lowest BCUT2D eigenvalue weighted by Gasteiger charge is -2.26. The van der Waals surface area contributed by atoms with Crippen molar-refractivity contribution in [1.29, 1.82) is 0 Å². The number of aromatic nitrogens is 1. The maximum Gasteiger partial charge on any atom is 0.243 e. The first-order chi connectivity index (χ1) is 14.0. The van der Waals surface area contributed by atoms with Gasteiger partial charge in [-0.3, -0.25) is 0 Å².